The van der Waals surface area contributed by atoms with E-state index in [9.17, 15) is 5.11 Å². The number of anilines is 2. The number of phenolic OH excluding ortho intramolecular Hbond substituents is 1. The minimum atomic E-state index is -0.610. The number of nitrogens with one attached hydrogen (secondary N) is 2. The maximum atomic E-state index is 18.2. The first kappa shape index (κ1) is 56.7. The van der Waals surface area contributed by atoms with Crippen LogP contribution in [-0.2, 0) is 9.47 Å². The molecule has 3 N–H and O–H groups in total. The Kier molecular flexibility index (Phi) is 15.1. The summed E-state index contributed by atoms with van der Waals surface area (Å²) in [6.45, 7) is 6.98. The average Bonchev–Trinajstić information content (AvgIpc) is 1.02. The van der Waals surface area contributed by atoms with Crippen LogP contribution < -0.4 is 34.6 Å². The number of morpholine rings is 1. The zero-order valence-corrected chi connectivity index (χ0v) is 50.8. The number of aromatic nitrogens is 4. The van der Waals surface area contributed by atoms with E-state index >= 15 is 8.78 Å². The topological polar surface area (TPSA) is 155 Å². The summed E-state index contributed by atoms with van der Waals surface area (Å²) in [7, 11) is 1.71. The molecular formula is C68H72Cl2F2N10O6. The maximum Gasteiger partial charge on any atom is 0.319 e. The van der Waals surface area contributed by atoms with Gasteiger partial charge in [0.25, 0.3) is 0 Å². The lowest BCUT2D eigenvalue weighted by molar-refractivity contribution is -0.0481. The van der Waals surface area contributed by atoms with Crippen molar-refractivity contribution >= 4 is 78.2 Å². The molecule has 9 atom stereocenters. The van der Waals surface area contributed by atoms with E-state index < -0.39 is 11.6 Å². The molecule has 17 rings (SSSR count). The van der Waals surface area contributed by atoms with Gasteiger partial charge in [-0.2, -0.15) is 19.9 Å². The predicted octanol–water partition coefficient (Wildman–Crippen LogP) is 11.3. The number of halogens is 4. The van der Waals surface area contributed by atoms with Crippen molar-refractivity contribution in [1.82, 2.24) is 40.4 Å². The number of benzene rings is 6. The molecule has 0 spiro atoms. The first-order valence-electron chi connectivity index (χ1n) is 31.7. The first-order valence-corrected chi connectivity index (χ1v) is 32.5. The molecule has 9 fully saturated rings. The molecule has 0 radical (unpaired) electrons. The average molecular weight is 1230 g/mol. The molecule has 6 bridgehead atoms. The van der Waals surface area contributed by atoms with Crippen molar-refractivity contribution in [1.29, 1.82) is 0 Å². The van der Waals surface area contributed by atoms with Gasteiger partial charge in [0.15, 0.2) is 11.6 Å². The lowest BCUT2D eigenvalue weighted by Gasteiger charge is -2.39. The van der Waals surface area contributed by atoms with E-state index in [2.05, 4.69) is 30.2 Å². The van der Waals surface area contributed by atoms with Gasteiger partial charge in [0, 0.05) is 124 Å². The molecule has 1 aliphatic carbocycles. The van der Waals surface area contributed by atoms with E-state index in [0.717, 1.165) is 112 Å². The molecule has 8 aromatic rings. The zero-order chi connectivity index (χ0) is 59.3. The third kappa shape index (κ3) is 10.8. The summed E-state index contributed by atoms with van der Waals surface area (Å²) >= 11 is 14.5. The van der Waals surface area contributed by atoms with Crippen molar-refractivity contribution in [3.8, 4) is 45.8 Å². The Labute approximate surface area is 519 Å². The summed E-state index contributed by atoms with van der Waals surface area (Å²) in [6, 6.07) is 28.0. The minimum Gasteiger partial charge on any atom is -0.508 e. The standard InChI is InChI=1S/C68H72Cl2F2N10O6/c1-84-50(32-81-44-17-18-45(81)34-85-33-44)36-87-68-76-64-56(66(78-68)82-30-40-9-6-10-43(82)26-73-40)25-58(70)60(62(64)72)54-23-48(20-39-8-3-5-12-52(39)54)88-49-21-46(79(31-49)27-37-13-14-37)35-86-67-75-63-55(65(77-67)80-28-41-15-16-42(29-80)74-41)24-57(69)59(61(63)71)53-22-47(83)19-38-7-2-4-11-51(38)53/h2-5,7-8,11-12,19-20,22-25,37,40-46,49-50,73-74,83H,6,9-10,13-18,21,26-36H2,1H3/t40?,41?,42?,43?,44?,45?,46-,49?,50+/m0/s1. The quantitative estimate of drug-likeness (QED) is 0.0791. The number of methoxy groups -OCH3 is 1. The number of likely N-dealkylation sites (tertiary alicyclic amines) is 1. The van der Waals surface area contributed by atoms with Crippen LogP contribution in [0.25, 0.3) is 65.6 Å². The largest absolute Gasteiger partial charge is 0.508 e. The highest BCUT2D eigenvalue weighted by Crippen LogP contribution is 2.47. The second-order valence-electron chi connectivity index (χ2n) is 26.0. The number of nitrogens with zero attached hydrogens (tertiary/aromatic N) is 8. The molecule has 8 saturated heterocycles. The Morgan fingerprint density at radius 2 is 1.34 bits per heavy atom. The summed E-state index contributed by atoms with van der Waals surface area (Å²) in [5.41, 5.74) is 1.66. The Balaban J connectivity index is 0.710. The van der Waals surface area contributed by atoms with E-state index in [1.807, 2.05) is 66.7 Å². The second-order valence-corrected chi connectivity index (χ2v) is 26.8. The van der Waals surface area contributed by atoms with Crippen molar-refractivity contribution < 1.29 is 37.6 Å². The fraction of sp³-hybridized carbons (Fsp3) is 0.471. The SMILES string of the molecule is CO[C@@H](COc1nc(N2CC3CCCC2CN3)c2cc(Cl)c(-c3cc(OC4C[C@@H](COc5nc(N6CC7CCC(C6)N7)c6cc(Cl)c(-c7cc(O)cc8ccccc78)c(F)c6n5)N(CC5CC5)C4)cc4ccccc34)c(F)c2n1)CN1C2CCC1COC2. The Morgan fingerprint density at radius 1 is 0.682 bits per heavy atom. The van der Waals surface area contributed by atoms with Gasteiger partial charge in [-0.25, -0.2) is 8.78 Å². The molecule has 9 aliphatic rings. The number of hydrogen-bond donors (Lipinski definition) is 3. The highest BCUT2D eigenvalue weighted by atomic mass is 35.5. The van der Waals surface area contributed by atoms with Crippen LogP contribution in [0.5, 0.6) is 23.5 Å². The molecule has 2 aromatic heterocycles. The number of rotatable bonds is 17. The highest BCUT2D eigenvalue weighted by Gasteiger charge is 2.41. The van der Waals surface area contributed by atoms with Crippen LogP contribution in [-0.4, -0.2) is 169 Å². The van der Waals surface area contributed by atoms with Crippen LogP contribution in [0.2, 0.25) is 10.0 Å². The number of fused-ring (bicyclic) bond motifs is 12. The minimum absolute atomic E-state index is 0.00232. The van der Waals surface area contributed by atoms with Crippen molar-refractivity contribution in [2.45, 2.75) is 119 Å². The number of ether oxygens (including phenoxy) is 5. The third-order valence-corrected chi connectivity index (χ3v) is 20.8. The predicted molar refractivity (Wildman–Crippen MR) is 339 cm³/mol. The monoisotopic (exact) mass is 1230 g/mol. The first-order chi connectivity index (χ1) is 43.0. The molecule has 10 heterocycles. The zero-order valence-electron chi connectivity index (χ0n) is 49.3. The van der Waals surface area contributed by atoms with Gasteiger partial charge in [0.1, 0.15) is 59.6 Å². The van der Waals surface area contributed by atoms with Crippen LogP contribution >= 0.6 is 23.2 Å². The number of aromatic hydroxyl groups is 1. The Hall–Kier alpha value is -6.48. The summed E-state index contributed by atoms with van der Waals surface area (Å²) in [4.78, 5) is 29.4. The maximum absolute atomic E-state index is 18.2. The fourth-order valence-corrected chi connectivity index (χ4v) is 16.2. The van der Waals surface area contributed by atoms with E-state index in [4.69, 9.17) is 66.8 Å². The summed E-state index contributed by atoms with van der Waals surface area (Å²) in [5.74, 6) is 1.18. The van der Waals surface area contributed by atoms with Crippen LogP contribution in [0.3, 0.4) is 0 Å². The van der Waals surface area contributed by atoms with Gasteiger partial charge in [-0.15, -0.1) is 0 Å². The van der Waals surface area contributed by atoms with E-state index in [0.29, 0.717) is 89.9 Å². The lowest BCUT2D eigenvalue weighted by Crippen LogP contribution is -2.54. The Bertz CT molecular complexity index is 3980. The van der Waals surface area contributed by atoms with E-state index in [1.54, 1.807) is 25.3 Å². The van der Waals surface area contributed by atoms with E-state index in [-0.39, 0.29) is 106 Å². The molecule has 6 aromatic carbocycles. The van der Waals surface area contributed by atoms with Crippen molar-refractivity contribution in [3.63, 3.8) is 0 Å². The molecule has 7 unspecified atom stereocenters. The van der Waals surface area contributed by atoms with Crippen LogP contribution in [0.1, 0.15) is 64.2 Å². The second kappa shape index (κ2) is 23.4. The van der Waals surface area contributed by atoms with Gasteiger partial charge in [-0.1, -0.05) is 71.7 Å². The van der Waals surface area contributed by atoms with Crippen molar-refractivity contribution in [2.75, 3.05) is 89.2 Å². The van der Waals surface area contributed by atoms with Gasteiger partial charge >= 0.3 is 12.0 Å². The van der Waals surface area contributed by atoms with Crippen molar-refractivity contribution in [3.05, 3.63) is 107 Å². The number of piperazine rings is 2. The summed E-state index contributed by atoms with van der Waals surface area (Å²) < 4.78 is 68.0. The fourth-order valence-electron chi connectivity index (χ4n) is 15.6. The summed E-state index contributed by atoms with van der Waals surface area (Å²) in [6.07, 6.45) is 9.83. The van der Waals surface area contributed by atoms with Gasteiger partial charge < -0.3 is 49.2 Å². The van der Waals surface area contributed by atoms with Crippen LogP contribution in [0.4, 0.5) is 20.4 Å². The van der Waals surface area contributed by atoms with Gasteiger partial charge in [0.05, 0.1) is 23.3 Å². The van der Waals surface area contributed by atoms with Crippen LogP contribution in [0, 0.1) is 17.6 Å². The number of phenols is 1. The lowest BCUT2D eigenvalue weighted by atomic mass is 9.96. The molecule has 16 nitrogen and oxygen atoms in total. The van der Waals surface area contributed by atoms with Crippen LogP contribution in [0.15, 0.2) is 84.9 Å². The van der Waals surface area contributed by atoms with Gasteiger partial charge in [-0.3, -0.25) is 9.80 Å². The van der Waals surface area contributed by atoms with Crippen molar-refractivity contribution in [2.24, 2.45) is 5.92 Å². The Morgan fingerprint density at radius 3 is 2.05 bits per heavy atom. The van der Waals surface area contributed by atoms with Gasteiger partial charge in [0.2, 0.25) is 0 Å². The molecule has 20 heteroatoms. The summed E-state index contributed by atoms with van der Waals surface area (Å²) in [5, 5.41) is 22.9. The molecule has 88 heavy (non-hydrogen) atoms. The molecule has 8 aliphatic heterocycles. The molecule has 0 amide bonds. The third-order valence-electron chi connectivity index (χ3n) is 20.2. The van der Waals surface area contributed by atoms with Gasteiger partial charge in [-0.05, 0) is 133 Å². The van der Waals surface area contributed by atoms with E-state index in [1.165, 1.54) is 0 Å². The molecule has 458 valence electrons. The smallest absolute Gasteiger partial charge is 0.319 e. The highest BCUT2D eigenvalue weighted by molar-refractivity contribution is 6.35. The normalized spacial score (nSPS) is 25.8. The molecular weight excluding hydrogens is 1160 g/mol. The molecule has 1 saturated carbocycles. The number of hydrogen-bond acceptors (Lipinski definition) is 16.